The monoisotopic (exact) mass is 434 g/mol. The Labute approximate surface area is 166 Å². The number of carbonyl (C=O) groups is 2. The van der Waals surface area contributed by atoms with Gasteiger partial charge < -0.3 is 9.64 Å². The Balaban J connectivity index is 1.77. The second-order valence-corrected chi connectivity index (χ2v) is 9.57. The third-order valence-electron chi connectivity index (χ3n) is 5.07. The molecule has 2 amide bonds. The smallest absolute Gasteiger partial charge is 0.405 e. The van der Waals surface area contributed by atoms with Crippen LogP contribution in [0, 0.1) is 5.41 Å². The van der Waals surface area contributed by atoms with Crippen LogP contribution in [0.4, 0.5) is 13.2 Å². The zero-order valence-corrected chi connectivity index (χ0v) is 16.5. The number of hydrogen-bond acceptors (Lipinski definition) is 5. The van der Waals surface area contributed by atoms with E-state index in [0.717, 1.165) is 6.07 Å². The molecule has 0 aromatic heterocycles. The summed E-state index contributed by atoms with van der Waals surface area (Å²) in [5.41, 5.74) is -1.45. The van der Waals surface area contributed by atoms with Gasteiger partial charge in [-0.3, -0.25) is 14.3 Å². The lowest BCUT2D eigenvalue weighted by Crippen LogP contribution is -2.53. The molecule has 1 saturated carbocycles. The summed E-state index contributed by atoms with van der Waals surface area (Å²) in [6, 6.07) is 4.98. The molecule has 0 bridgehead atoms. The molecule has 1 unspecified atom stereocenters. The van der Waals surface area contributed by atoms with E-state index in [9.17, 15) is 31.2 Å². The molecule has 1 aromatic carbocycles. The van der Waals surface area contributed by atoms with Gasteiger partial charge in [0.15, 0.2) is 0 Å². The molecule has 1 aliphatic heterocycles. The highest BCUT2D eigenvalue weighted by Gasteiger charge is 2.44. The SMILES string of the molecule is CC1(C(=O)NS(=O)(=O)C2CC2)CCCN(C(=O)c2ccccc2OC(F)(F)F)C1. The van der Waals surface area contributed by atoms with Crippen LogP contribution in [0.15, 0.2) is 24.3 Å². The van der Waals surface area contributed by atoms with Crippen LogP contribution >= 0.6 is 0 Å². The van der Waals surface area contributed by atoms with E-state index in [2.05, 4.69) is 9.46 Å². The first-order valence-corrected chi connectivity index (χ1v) is 10.7. The Morgan fingerprint density at radius 1 is 1.24 bits per heavy atom. The molecule has 7 nitrogen and oxygen atoms in total. The minimum Gasteiger partial charge on any atom is -0.405 e. The van der Waals surface area contributed by atoms with Gasteiger partial charge in [-0.05, 0) is 44.7 Å². The van der Waals surface area contributed by atoms with Gasteiger partial charge in [0.2, 0.25) is 15.9 Å². The predicted octanol–water partition coefficient (Wildman–Crippen LogP) is 2.44. The van der Waals surface area contributed by atoms with Crippen molar-refractivity contribution in [1.29, 1.82) is 0 Å². The second kappa shape index (κ2) is 7.51. The first-order chi connectivity index (χ1) is 13.4. The van der Waals surface area contributed by atoms with Crippen LogP contribution in [0.25, 0.3) is 0 Å². The van der Waals surface area contributed by atoms with Crippen LogP contribution in [0.5, 0.6) is 5.75 Å². The van der Waals surface area contributed by atoms with Crippen LogP contribution < -0.4 is 9.46 Å². The molecule has 0 spiro atoms. The van der Waals surface area contributed by atoms with Gasteiger partial charge in [-0.15, -0.1) is 13.2 Å². The van der Waals surface area contributed by atoms with E-state index in [0.29, 0.717) is 25.7 Å². The summed E-state index contributed by atoms with van der Waals surface area (Å²) in [4.78, 5) is 26.7. The van der Waals surface area contributed by atoms with E-state index in [1.165, 1.54) is 23.1 Å². The van der Waals surface area contributed by atoms with Crippen molar-refractivity contribution in [3.05, 3.63) is 29.8 Å². The summed E-state index contributed by atoms with van der Waals surface area (Å²) >= 11 is 0. The largest absolute Gasteiger partial charge is 0.573 e. The van der Waals surface area contributed by atoms with Crippen molar-refractivity contribution in [2.75, 3.05) is 13.1 Å². The topological polar surface area (TPSA) is 92.8 Å². The van der Waals surface area contributed by atoms with Crippen molar-refractivity contribution < 1.29 is 35.9 Å². The quantitative estimate of drug-likeness (QED) is 0.769. The molecule has 0 radical (unpaired) electrons. The molecule has 1 saturated heterocycles. The number of ether oxygens (including phenoxy) is 1. The maximum atomic E-state index is 12.8. The van der Waals surface area contributed by atoms with Gasteiger partial charge in [0.25, 0.3) is 5.91 Å². The predicted molar refractivity (Wildman–Crippen MR) is 96.5 cm³/mol. The van der Waals surface area contributed by atoms with Crippen LogP contribution in [-0.4, -0.2) is 49.8 Å². The number of carbonyl (C=O) groups excluding carboxylic acids is 2. The first kappa shape index (κ1) is 21.4. The second-order valence-electron chi connectivity index (χ2n) is 7.61. The van der Waals surface area contributed by atoms with Gasteiger partial charge in [0.1, 0.15) is 5.75 Å². The third-order valence-corrected chi connectivity index (χ3v) is 6.89. The Morgan fingerprint density at radius 3 is 2.52 bits per heavy atom. The summed E-state index contributed by atoms with van der Waals surface area (Å²) in [7, 11) is -3.74. The minimum absolute atomic E-state index is 0.113. The van der Waals surface area contributed by atoms with Crippen molar-refractivity contribution >= 4 is 21.8 Å². The molecule has 1 aromatic rings. The van der Waals surface area contributed by atoms with E-state index in [1.54, 1.807) is 6.92 Å². The minimum atomic E-state index is -4.95. The molecule has 11 heteroatoms. The molecule has 1 aliphatic carbocycles. The van der Waals surface area contributed by atoms with E-state index >= 15 is 0 Å². The van der Waals surface area contributed by atoms with Gasteiger partial charge in [-0.25, -0.2) is 8.42 Å². The highest BCUT2D eigenvalue weighted by molar-refractivity contribution is 7.90. The standard InChI is InChI=1S/C18H21F3N2O5S/c1-17(16(25)22-29(26,27)12-7-8-12)9-4-10-23(11-17)15(24)13-5-2-3-6-14(13)28-18(19,20)21/h2-3,5-6,12H,4,7-11H2,1H3,(H,22,25). The van der Waals surface area contributed by atoms with Gasteiger partial charge in [0, 0.05) is 13.1 Å². The molecule has 29 heavy (non-hydrogen) atoms. The number of alkyl halides is 3. The molecule has 160 valence electrons. The lowest BCUT2D eigenvalue weighted by Gasteiger charge is -2.39. The average Bonchev–Trinajstić information content (AvgIpc) is 3.45. The molecule has 1 N–H and O–H groups in total. The van der Waals surface area contributed by atoms with Gasteiger partial charge in [0.05, 0.1) is 16.2 Å². The van der Waals surface area contributed by atoms with Crippen molar-refractivity contribution in [2.45, 2.75) is 44.2 Å². The Morgan fingerprint density at radius 2 is 1.90 bits per heavy atom. The first-order valence-electron chi connectivity index (χ1n) is 9.11. The number of piperidine rings is 1. The normalized spacial score (nSPS) is 22.8. The fraction of sp³-hybridized carbons (Fsp3) is 0.556. The summed E-state index contributed by atoms with van der Waals surface area (Å²) < 4.78 is 68.0. The number of likely N-dealkylation sites (tertiary alicyclic amines) is 1. The lowest BCUT2D eigenvalue weighted by molar-refractivity contribution is -0.274. The number of nitrogens with one attached hydrogen (secondary N) is 1. The van der Waals surface area contributed by atoms with E-state index in [-0.39, 0.29) is 18.7 Å². The van der Waals surface area contributed by atoms with Crippen LogP contribution in [-0.2, 0) is 14.8 Å². The number of nitrogens with zero attached hydrogens (tertiary/aromatic N) is 1. The fourth-order valence-corrected chi connectivity index (χ4v) is 4.77. The molecular formula is C18H21F3N2O5S. The zero-order chi connectivity index (χ0) is 21.4. The molecule has 1 atom stereocenters. The van der Waals surface area contributed by atoms with Crippen molar-refractivity contribution in [2.24, 2.45) is 5.41 Å². The number of para-hydroxylation sites is 1. The van der Waals surface area contributed by atoms with Crippen LogP contribution in [0.1, 0.15) is 43.0 Å². The maximum absolute atomic E-state index is 12.8. The number of amides is 2. The number of hydrogen-bond donors (Lipinski definition) is 1. The van der Waals surface area contributed by atoms with E-state index in [1.807, 2.05) is 0 Å². The van der Waals surface area contributed by atoms with Gasteiger partial charge in [-0.2, -0.15) is 0 Å². The molecule has 2 fully saturated rings. The average molecular weight is 434 g/mol. The number of halogens is 3. The number of rotatable bonds is 5. The van der Waals surface area contributed by atoms with E-state index < -0.39 is 44.6 Å². The van der Waals surface area contributed by atoms with Crippen molar-refractivity contribution in [1.82, 2.24) is 9.62 Å². The molecule has 1 heterocycles. The highest BCUT2D eigenvalue weighted by Crippen LogP contribution is 2.34. The summed E-state index contributed by atoms with van der Waals surface area (Å²) in [6.07, 6.45) is -3.20. The van der Waals surface area contributed by atoms with Gasteiger partial charge >= 0.3 is 6.36 Å². The van der Waals surface area contributed by atoms with Gasteiger partial charge in [-0.1, -0.05) is 12.1 Å². The zero-order valence-electron chi connectivity index (χ0n) is 15.7. The summed E-state index contributed by atoms with van der Waals surface area (Å²) in [6.45, 7) is 1.66. The van der Waals surface area contributed by atoms with Crippen LogP contribution in [0.3, 0.4) is 0 Å². The molecular weight excluding hydrogens is 413 g/mol. The summed E-state index contributed by atoms with van der Waals surface area (Å²) in [5.74, 6) is -2.05. The van der Waals surface area contributed by atoms with Crippen LogP contribution in [0.2, 0.25) is 0 Å². The Hall–Kier alpha value is -2.30. The maximum Gasteiger partial charge on any atom is 0.573 e. The summed E-state index contributed by atoms with van der Waals surface area (Å²) in [5, 5.41) is -0.567. The molecule has 3 rings (SSSR count). The highest BCUT2D eigenvalue weighted by atomic mass is 32.2. The van der Waals surface area contributed by atoms with E-state index in [4.69, 9.17) is 0 Å². The fourth-order valence-electron chi connectivity index (χ4n) is 3.34. The van der Waals surface area contributed by atoms with Crippen molar-refractivity contribution in [3.8, 4) is 5.75 Å². The lowest BCUT2D eigenvalue weighted by atomic mass is 9.81. The third kappa shape index (κ3) is 5.01. The number of sulfonamides is 1. The molecule has 2 aliphatic rings. The number of benzene rings is 1. The van der Waals surface area contributed by atoms with Crippen molar-refractivity contribution in [3.63, 3.8) is 0 Å². The Bertz CT molecular complexity index is 914. The Kier molecular flexibility index (Phi) is 5.54.